The number of carbonyl (C=O) groups excluding carboxylic acids is 1. The zero-order valence-electron chi connectivity index (χ0n) is 15.0. The Morgan fingerprint density at radius 1 is 1.03 bits per heavy atom. The third-order valence-electron chi connectivity index (χ3n) is 4.39. The molecule has 0 spiro atoms. The number of nitro benzene ring substituents is 1. The molecule has 3 aromatic rings. The van der Waals surface area contributed by atoms with Crippen LogP contribution < -0.4 is 0 Å². The number of phenolic OH excluding ortho intramolecular Hbond substituents is 1. The van der Waals surface area contributed by atoms with Gasteiger partial charge in [0.05, 0.1) is 22.2 Å². The molecule has 0 bridgehead atoms. The van der Waals surface area contributed by atoms with Crippen molar-refractivity contribution < 1.29 is 29.8 Å². The molecule has 0 aliphatic carbocycles. The lowest BCUT2D eigenvalue weighted by atomic mass is 9.97. The Bertz CT molecular complexity index is 1230. The zero-order valence-corrected chi connectivity index (χ0v) is 15.0. The minimum atomic E-state index is -1.47. The molecule has 1 aromatic heterocycles. The predicted octanol–water partition coefficient (Wildman–Crippen LogP) is 3.52. The van der Waals surface area contributed by atoms with Crippen LogP contribution in [0.15, 0.2) is 43.0 Å². The number of aromatic hydroxyl groups is 2. The maximum absolute atomic E-state index is 11.8. The summed E-state index contributed by atoms with van der Waals surface area (Å²) in [6.07, 6.45) is 0. The number of nitrogens with zero attached hydrogens (tertiary/aromatic N) is 2. The molecule has 0 aliphatic rings. The van der Waals surface area contributed by atoms with Gasteiger partial charge in [0.15, 0.2) is 5.78 Å². The highest BCUT2D eigenvalue weighted by Crippen LogP contribution is 2.36. The lowest BCUT2D eigenvalue weighted by molar-refractivity contribution is -0.385. The molecule has 0 atom stereocenters. The van der Waals surface area contributed by atoms with Gasteiger partial charge in [-0.1, -0.05) is 6.58 Å². The summed E-state index contributed by atoms with van der Waals surface area (Å²) < 4.78 is 0. The highest BCUT2D eigenvalue weighted by molar-refractivity contribution is 6.08. The van der Waals surface area contributed by atoms with Crippen LogP contribution in [-0.2, 0) is 0 Å². The average Bonchev–Trinajstić information content (AvgIpc) is 2.66. The van der Waals surface area contributed by atoms with Gasteiger partial charge in [-0.3, -0.25) is 14.9 Å². The van der Waals surface area contributed by atoms with Crippen molar-refractivity contribution in [3.63, 3.8) is 0 Å². The van der Waals surface area contributed by atoms with Gasteiger partial charge < -0.3 is 15.3 Å². The second kappa shape index (κ2) is 7.04. The number of benzene rings is 2. The first-order chi connectivity index (χ1) is 13.6. The Morgan fingerprint density at radius 3 is 2.31 bits per heavy atom. The molecule has 0 aliphatic heterocycles. The van der Waals surface area contributed by atoms with Crippen LogP contribution in [0.5, 0.6) is 11.5 Å². The molecule has 0 saturated heterocycles. The third-order valence-corrected chi connectivity index (χ3v) is 4.39. The number of Topliss-reactive ketones (excluding diaryl/α,β-unsaturated/α-hetero) is 1. The quantitative estimate of drug-likeness (QED) is 0.338. The fourth-order valence-corrected chi connectivity index (χ4v) is 2.96. The normalized spacial score (nSPS) is 10.7. The van der Waals surface area contributed by atoms with E-state index in [0.717, 1.165) is 12.1 Å². The highest BCUT2D eigenvalue weighted by Gasteiger charge is 2.24. The zero-order chi connectivity index (χ0) is 21.5. The maximum atomic E-state index is 11.8. The lowest BCUT2D eigenvalue weighted by Crippen LogP contribution is -2.03. The molecule has 0 amide bonds. The summed E-state index contributed by atoms with van der Waals surface area (Å²) >= 11 is 0. The van der Waals surface area contributed by atoms with E-state index in [4.69, 9.17) is 0 Å². The Kier molecular flexibility index (Phi) is 4.73. The number of carbonyl (C=O) groups is 2. The Balaban J connectivity index is 2.23. The van der Waals surface area contributed by atoms with Gasteiger partial charge in [0.25, 0.3) is 5.69 Å². The first-order valence-corrected chi connectivity index (χ1v) is 8.19. The van der Waals surface area contributed by atoms with Crippen molar-refractivity contribution in [3.05, 3.63) is 75.5 Å². The number of pyridine rings is 1. The number of hydrogen-bond acceptors (Lipinski definition) is 7. The summed E-state index contributed by atoms with van der Waals surface area (Å²) in [4.78, 5) is 37.9. The Morgan fingerprint density at radius 2 is 1.72 bits per heavy atom. The standard InChI is InChI=1S/C20H14N2O7/c1-9(13-7-14(20(26)27)18(25)8-16(13)22(28)29)15-5-3-12-11(10(2)23)4-6-17(24)19(12)21-15/h3-8,24-25H,1H2,2H3,(H,26,27). The number of aromatic carboxylic acids is 1. The van der Waals surface area contributed by atoms with Crippen LogP contribution in [0.3, 0.4) is 0 Å². The van der Waals surface area contributed by atoms with E-state index in [9.17, 15) is 35.0 Å². The minimum Gasteiger partial charge on any atom is -0.507 e. The van der Waals surface area contributed by atoms with Gasteiger partial charge in [-0.25, -0.2) is 9.78 Å². The number of phenols is 2. The molecule has 3 rings (SSSR count). The van der Waals surface area contributed by atoms with E-state index in [2.05, 4.69) is 11.6 Å². The number of fused-ring (bicyclic) bond motifs is 1. The fraction of sp³-hybridized carbons (Fsp3) is 0.0500. The topological polar surface area (TPSA) is 151 Å². The van der Waals surface area contributed by atoms with Crippen molar-refractivity contribution in [2.45, 2.75) is 6.92 Å². The number of rotatable bonds is 5. The lowest BCUT2D eigenvalue weighted by Gasteiger charge is -2.11. The second-order valence-corrected chi connectivity index (χ2v) is 6.21. The average molecular weight is 394 g/mol. The molecule has 9 nitrogen and oxygen atoms in total. The van der Waals surface area contributed by atoms with Crippen LogP contribution >= 0.6 is 0 Å². The summed E-state index contributed by atoms with van der Waals surface area (Å²) in [7, 11) is 0. The minimum absolute atomic E-state index is 0.00808. The van der Waals surface area contributed by atoms with E-state index in [1.54, 1.807) is 0 Å². The Labute approximate surface area is 163 Å². The van der Waals surface area contributed by atoms with Gasteiger partial charge >= 0.3 is 5.97 Å². The van der Waals surface area contributed by atoms with Crippen LogP contribution in [0.2, 0.25) is 0 Å². The first kappa shape index (κ1) is 19.5. The smallest absolute Gasteiger partial charge is 0.339 e. The highest BCUT2D eigenvalue weighted by atomic mass is 16.6. The summed E-state index contributed by atoms with van der Waals surface area (Å²) in [6.45, 7) is 5.14. The molecule has 0 radical (unpaired) electrons. The summed E-state index contributed by atoms with van der Waals surface area (Å²) in [5.41, 5.74) is -0.676. The van der Waals surface area contributed by atoms with Gasteiger partial charge in [0.1, 0.15) is 22.6 Å². The van der Waals surface area contributed by atoms with Crippen molar-refractivity contribution in [2.75, 3.05) is 0 Å². The number of aromatic nitrogens is 1. The van der Waals surface area contributed by atoms with Gasteiger partial charge in [0, 0.05) is 16.5 Å². The van der Waals surface area contributed by atoms with Gasteiger partial charge in [0.2, 0.25) is 0 Å². The molecule has 0 fully saturated rings. The van der Waals surface area contributed by atoms with E-state index in [1.807, 2.05) is 0 Å². The van der Waals surface area contributed by atoms with Crippen LogP contribution in [0, 0.1) is 10.1 Å². The molecular formula is C20H14N2O7. The molecule has 9 heteroatoms. The summed E-state index contributed by atoms with van der Waals surface area (Å²) in [6, 6.07) is 7.41. The molecule has 1 heterocycles. The molecule has 2 aromatic carbocycles. The van der Waals surface area contributed by atoms with Crippen LogP contribution in [-0.4, -0.2) is 37.0 Å². The van der Waals surface area contributed by atoms with Crippen molar-refractivity contribution in [3.8, 4) is 11.5 Å². The van der Waals surface area contributed by atoms with Crippen molar-refractivity contribution in [1.29, 1.82) is 0 Å². The van der Waals surface area contributed by atoms with E-state index < -0.39 is 27.9 Å². The number of carboxylic acid groups (broad SMARTS) is 1. The van der Waals surface area contributed by atoms with E-state index in [-0.39, 0.29) is 33.9 Å². The fourth-order valence-electron chi connectivity index (χ4n) is 2.96. The maximum Gasteiger partial charge on any atom is 0.339 e. The summed E-state index contributed by atoms with van der Waals surface area (Å²) in [5, 5.41) is 40.8. The second-order valence-electron chi connectivity index (χ2n) is 6.21. The monoisotopic (exact) mass is 394 g/mol. The molecular weight excluding hydrogens is 380 g/mol. The first-order valence-electron chi connectivity index (χ1n) is 8.19. The summed E-state index contributed by atoms with van der Waals surface area (Å²) in [5.74, 6) is -2.66. The molecule has 0 saturated carbocycles. The van der Waals surface area contributed by atoms with Crippen LogP contribution in [0.25, 0.3) is 16.5 Å². The number of nitro groups is 1. The van der Waals surface area contributed by atoms with E-state index in [1.165, 1.54) is 31.2 Å². The number of ketones is 1. The van der Waals surface area contributed by atoms with Crippen molar-refractivity contribution in [2.24, 2.45) is 0 Å². The molecule has 3 N–H and O–H groups in total. The Hall–Kier alpha value is -4.27. The molecule has 29 heavy (non-hydrogen) atoms. The van der Waals surface area contributed by atoms with Gasteiger partial charge in [-0.15, -0.1) is 0 Å². The number of hydrogen-bond donors (Lipinski definition) is 3. The molecule has 0 unspecified atom stereocenters. The van der Waals surface area contributed by atoms with Gasteiger partial charge in [-0.2, -0.15) is 0 Å². The largest absolute Gasteiger partial charge is 0.507 e. The predicted molar refractivity (Wildman–Crippen MR) is 103 cm³/mol. The number of carboxylic acids is 1. The SMILES string of the molecule is C=C(c1ccc2c(C(C)=O)ccc(O)c2n1)c1cc(C(=O)O)c(O)cc1[N+](=O)[O-]. The van der Waals surface area contributed by atoms with Crippen molar-refractivity contribution >= 4 is 33.9 Å². The van der Waals surface area contributed by atoms with Crippen molar-refractivity contribution in [1.82, 2.24) is 4.98 Å². The third kappa shape index (κ3) is 3.36. The van der Waals surface area contributed by atoms with Crippen LogP contribution in [0.4, 0.5) is 5.69 Å². The van der Waals surface area contributed by atoms with Gasteiger partial charge in [-0.05, 0) is 37.3 Å². The van der Waals surface area contributed by atoms with E-state index >= 15 is 0 Å². The van der Waals surface area contributed by atoms with E-state index in [0.29, 0.717) is 10.9 Å². The molecule has 146 valence electrons. The van der Waals surface area contributed by atoms with Crippen LogP contribution in [0.1, 0.15) is 38.9 Å².